The highest BCUT2D eigenvalue weighted by Gasteiger charge is 2.17. The van der Waals surface area contributed by atoms with Crippen LogP contribution in [0.25, 0.3) is 0 Å². The summed E-state index contributed by atoms with van der Waals surface area (Å²) in [5.41, 5.74) is 0.384. The number of hydrogen-bond donors (Lipinski definition) is 2. The molecule has 2 N–H and O–H groups in total. The molecular weight excluding hydrogens is 282 g/mol. The lowest BCUT2D eigenvalue weighted by Gasteiger charge is -2.10. The van der Waals surface area contributed by atoms with E-state index in [-0.39, 0.29) is 17.3 Å². The Morgan fingerprint density at radius 3 is 2.75 bits per heavy atom. The monoisotopic (exact) mass is 295 g/mol. The van der Waals surface area contributed by atoms with E-state index in [1.165, 1.54) is 37.6 Å². The Kier molecular flexibility index (Phi) is 4.16. The molecule has 0 bridgehead atoms. The van der Waals surface area contributed by atoms with Crippen LogP contribution in [0.1, 0.15) is 5.56 Å². The molecule has 0 radical (unpaired) electrons. The maximum atomic E-state index is 12.2. The standard InChI is InChI=1S/C12H13N3O4S/c1-19-11-5-4-10(7-9(11)8-16)20(17,18)15-12-3-2-6-13-14-12/h2-7,16H,8H2,1H3,(H,14,15). The van der Waals surface area contributed by atoms with E-state index < -0.39 is 10.0 Å². The van der Waals surface area contributed by atoms with E-state index in [4.69, 9.17) is 4.74 Å². The van der Waals surface area contributed by atoms with Crippen LogP contribution < -0.4 is 9.46 Å². The first-order valence-electron chi connectivity index (χ1n) is 5.65. The fourth-order valence-electron chi connectivity index (χ4n) is 1.60. The summed E-state index contributed by atoms with van der Waals surface area (Å²) in [6.07, 6.45) is 1.44. The van der Waals surface area contributed by atoms with Crippen molar-refractivity contribution in [2.45, 2.75) is 11.5 Å². The van der Waals surface area contributed by atoms with Gasteiger partial charge in [0.25, 0.3) is 10.0 Å². The smallest absolute Gasteiger partial charge is 0.263 e. The van der Waals surface area contributed by atoms with Crippen LogP contribution in [0.3, 0.4) is 0 Å². The highest BCUT2D eigenvalue weighted by Crippen LogP contribution is 2.23. The van der Waals surface area contributed by atoms with Gasteiger partial charge in [-0.05, 0) is 30.3 Å². The van der Waals surface area contributed by atoms with Crippen LogP contribution in [0.2, 0.25) is 0 Å². The third-order valence-electron chi connectivity index (χ3n) is 2.54. The van der Waals surface area contributed by atoms with Crippen molar-refractivity contribution in [3.8, 4) is 5.75 Å². The van der Waals surface area contributed by atoms with Gasteiger partial charge < -0.3 is 9.84 Å². The highest BCUT2D eigenvalue weighted by atomic mass is 32.2. The summed E-state index contributed by atoms with van der Waals surface area (Å²) in [6, 6.07) is 7.27. The van der Waals surface area contributed by atoms with Crippen molar-refractivity contribution in [1.82, 2.24) is 10.2 Å². The van der Waals surface area contributed by atoms with Crippen molar-refractivity contribution in [2.24, 2.45) is 0 Å². The van der Waals surface area contributed by atoms with E-state index in [1.54, 1.807) is 6.07 Å². The van der Waals surface area contributed by atoms with E-state index in [1.807, 2.05) is 0 Å². The third-order valence-corrected chi connectivity index (χ3v) is 3.90. The molecule has 2 aromatic rings. The largest absolute Gasteiger partial charge is 0.496 e. The van der Waals surface area contributed by atoms with Crippen LogP contribution in [0, 0.1) is 0 Å². The van der Waals surface area contributed by atoms with Gasteiger partial charge in [-0.25, -0.2) is 8.42 Å². The van der Waals surface area contributed by atoms with E-state index >= 15 is 0 Å². The fraction of sp³-hybridized carbons (Fsp3) is 0.167. The summed E-state index contributed by atoms with van der Waals surface area (Å²) in [7, 11) is -2.35. The van der Waals surface area contributed by atoms with Gasteiger partial charge in [0.05, 0.1) is 18.6 Å². The van der Waals surface area contributed by atoms with Gasteiger partial charge in [-0.1, -0.05) is 0 Å². The lowest BCUT2D eigenvalue weighted by Crippen LogP contribution is -2.14. The number of ether oxygens (including phenoxy) is 1. The first-order valence-corrected chi connectivity index (χ1v) is 7.13. The minimum Gasteiger partial charge on any atom is -0.496 e. The van der Waals surface area contributed by atoms with E-state index in [0.717, 1.165) is 0 Å². The number of aromatic nitrogens is 2. The number of aliphatic hydroxyl groups excluding tert-OH is 1. The molecule has 106 valence electrons. The quantitative estimate of drug-likeness (QED) is 0.845. The Hall–Kier alpha value is -2.19. The van der Waals surface area contributed by atoms with Crippen molar-refractivity contribution < 1.29 is 18.3 Å². The first kappa shape index (κ1) is 14.2. The number of nitrogens with zero attached hydrogens (tertiary/aromatic N) is 2. The predicted octanol–water partition coefficient (Wildman–Crippen LogP) is 0.778. The van der Waals surface area contributed by atoms with Crippen LogP contribution >= 0.6 is 0 Å². The van der Waals surface area contributed by atoms with Gasteiger partial charge in [-0.3, -0.25) is 4.72 Å². The average molecular weight is 295 g/mol. The second kappa shape index (κ2) is 5.85. The predicted molar refractivity (Wildman–Crippen MR) is 71.8 cm³/mol. The maximum absolute atomic E-state index is 12.2. The molecular formula is C12H13N3O4S. The minimum absolute atomic E-state index is 0.00741. The molecule has 1 aromatic heterocycles. The molecule has 1 heterocycles. The number of rotatable bonds is 5. The van der Waals surface area contributed by atoms with Gasteiger partial charge in [0.1, 0.15) is 5.75 Å². The number of nitrogens with one attached hydrogen (secondary N) is 1. The van der Waals surface area contributed by atoms with Crippen molar-refractivity contribution in [1.29, 1.82) is 0 Å². The summed E-state index contributed by atoms with van der Waals surface area (Å²) in [5, 5.41) is 16.4. The topological polar surface area (TPSA) is 101 Å². The summed E-state index contributed by atoms with van der Waals surface area (Å²) in [5.74, 6) is 0.541. The number of aliphatic hydroxyl groups is 1. The number of anilines is 1. The highest BCUT2D eigenvalue weighted by molar-refractivity contribution is 7.92. The Morgan fingerprint density at radius 2 is 2.15 bits per heavy atom. The SMILES string of the molecule is COc1ccc(S(=O)(=O)Nc2cccnn2)cc1CO. The molecule has 0 aliphatic carbocycles. The van der Waals surface area contributed by atoms with Crippen LogP contribution in [0.15, 0.2) is 41.4 Å². The molecule has 0 atom stereocenters. The lowest BCUT2D eigenvalue weighted by molar-refractivity contribution is 0.273. The minimum atomic E-state index is -3.79. The van der Waals surface area contributed by atoms with E-state index in [0.29, 0.717) is 11.3 Å². The molecule has 7 nitrogen and oxygen atoms in total. The summed E-state index contributed by atoms with van der Waals surface area (Å²) in [6.45, 7) is -0.322. The van der Waals surface area contributed by atoms with Gasteiger partial charge in [-0.2, -0.15) is 5.10 Å². The summed E-state index contributed by atoms with van der Waals surface area (Å²) >= 11 is 0. The van der Waals surface area contributed by atoms with Gasteiger partial charge >= 0.3 is 0 Å². The fourth-order valence-corrected chi connectivity index (χ4v) is 2.64. The van der Waals surface area contributed by atoms with Crippen molar-refractivity contribution in [2.75, 3.05) is 11.8 Å². The molecule has 0 amide bonds. The van der Waals surface area contributed by atoms with Crippen molar-refractivity contribution >= 4 is 15.8 Å². The first-order chi connectivity index (χ1) is 9.56. The lowest BCUT2D eigenvalue weighted by atomic mass is 10.2. The third kappa shape index (κ3) is 3.03. The molecule has 20 heavy (non-hydrogen) atoms. The van der Waals surface area contributed by atoms with Crippen molar-refractivity contribution in [3.05, 3.63) is 42.1 Å². The molecule has 0 aliphatic rings. The second-order valence-corrected chi connectivity index (χ2v) is 5.53. The zero-order valence-electron chi connectivity index (χ0n) is 10.6. The zero-order valence-corrected chi connectivity index (χ0v) is 11.5. The Labute approximate surface area is 116 Å². The molecule has 0 unspecified atom stereocenters. The number of methoxy groups -OCH3 is 1. The van der Waals surface area contributed by atoms with Gasteiger partial charge in [0.2, 0.25) is 0 Å². The maximum Gasteiger partial charge on any atom is 0.263 e. The Balaban J connectivity index is 2.35. The summed E-state index contributed by atoms with van der Waals surface area (Å²) in [4.78, 5) is 0.00741. The van der Waals surface area contributed by atoms with Crippen LogP contribution in [0.4, 0.5) is 5.82 Å². The van der Waals surface area contributed by atoms with Crippen molar-refractivity contribution in [3.63, 3.8) is 0 Å². The van der Waals surface area contributed by atoms with Gasteiger partial charge in [0, 0.05) is 11.8 Å². The molecule has 0 fully saturated rings. The number of benzene rings is 1. The Bertz CT molecular complexity index is 689. The molecule has 1 aromatic carbocycles. The van der Waals surface area contributed by atoms with Crippen LogP contribution in [0.5, 0.6) is 5.75 Å². The van der Waals surface area contributed by atoms with Crippen LogP contribution in [-0.4, -0.2) is 30.8 Å². The molecule has 2 rings (SSSR count). The number of hydrogen-bond acceptors (Lipinski definition) is 6. The normalized spacial score (nSPS) is 11.1. The van der Waals surface area contributed by atoms with E-state index in [2.05, 4.69) is 14.9 Å². The molecule has 0 saturated carbocycles. The zero-order chi connectivity index (χ0) is 14.6. The summed E-state index contributed by atoms with van der Waals surface area (Å²) < 4.78 is 31.7. The van der Waals surface area contributed by atoms with Gasteiger partial charge in [0.15, 0.2) is 5.82 Å². The molecule has 0 aliphatic heterocycles. The van der Waals surface area contributed by atoms with Crippen LogP contribution in [-0.2, 0) is 16.6 Å². The molecule has 8 heteroatoms. The van der Waals surface area contributed by atoms with E-state index in [9.17, 15) is 13.5 Å². The molecule has 0 spiro atoms. The molecule has 0 saturated heterocycles. The second-order valence-electron chi connectivity index (χ2n) is 3.85. The number of sulfonamides is 1. The average Bonchev–Trinajstić information content (AvgIpc) is 2.47. The Morgan fingerprint density at radius 1 is 1.35 bits per heavy atom. The van der Waals surface area contributed by atoms with Gasteiger partial charge in [-0.15, -0.1) is 5.10 Å².